The van der Waals surface area contributed by atoms with Crippen molar-refractivity contribution in [1.29, 1.82) is 5.26 Å². The summed E-state index contributed by atoms with van der Waals surface area (Å²) in [5.41, 5.74) is 1.93. The molecule has 0 unspecified atom stereocenters. The van der Waals surface area contributed by atoms with Crippen LogP contribution >= 0.6 is 11.6 Å². The van der Waals surface area contributed by atoms with Gasteiger partial charge in [-0.3, -0.25) is 4.79 Å². The van der Waals surface area contributed by atoms with Gasteiger partial charge in [0, 0.05) is 29.1 Å². The number of carbonyl (C=O) groups is 1. The summed E-state index contributed by atoms with van der Waals surface area (Å²) in [6.07, 6.45) is 1.40. The number of benzene rings is 2. The Morgan fingerprint density at radius 1 is 1.23 bits per heavy atom. The normalized spacial score (nSPS) is 10.3. The van der Waals surface area contributed by atoms with Crippen LogP contribution in [0, 0.1) is 11.3 Å². The molecule has 0 saturated heterocycles. The fourth-order valence-electron chi connectivity index (χ4n) is 2.36. The van der Waals surface area contributed by atoms with Crippen LogP contribution < -0.4 is 5.32 Å². The number of aromatic nitrogens is 2. The number of nitriles is 1. The van der Waals surface area contributed by atoms with Crippen LogP contribution in [0.2, 0.25) is 5.02 Å². The third-order valence-corrected chi connectivity index (χ3v) is 3.89. The monoisotopic (exact) mass is 366 g/mol. The van der Waals surface area contributed by atoms with Crippen molar-refractivity contribution in [1.82, 2.24) is 10.1 Å². The second-order valence-corrected chi connectivity index (χ2v) is 6.05. The second kappa shape index (κ2) is 8.28. The standard InChI is InChI=1S/C19H15ClN4O2/c20-15-9-7-14(8-10-15)19-23-18(26-24-19)6-2-5-17(25)22-16-4-1-3-13(11-16)12-21/h1,3-4,7-11H,2,5-6H2,(H,22,25). The van der Waals surface area contributed by atoms with Gasteiger partial charge in [-0.25, -0.2) is 0 Å². The molecular weight excluding hydrogens is 352 g/mol. The summed E-state index contributed by atoms with van der Waals surface area (Å²) in [7, 11) is 0. The molecule has 0 aliphatic heterocycles. The summed E-state index contributed by atoms with van der Waals surface area (Å²) in [6.45, 7) is 0. The van der Waals surface area contributed by atoms with E-state index in [-0.39, 0.29) is 5.91 Å². The van der Waals surface area contributed by atoms with Crippen molar-refractivity contribution in [3.05, 3.63) is 65.0 Å². The van der Waals surface area contributed by atoms with Gasteiger partial charge in [-0.05, 0) is 48.9 Å². The lowest BCUT2D eigenvalue weighted by Crippen LogP contribution is -2.11. The number of hydrogen-bond donors (Lipinski definition) is 1. The van der Waals surface area contributed by atoms with Gasteiger partial charge in [0.1, 0.15) is 0 Å². The number of nitrogens with zero attached hydrogens (tertiary/aromatic N) is 3. The van der Waals surface area contributed by atoms with E-state index in [9.17, 15) is 4.79 Å². The van der Waals surface area contributed by atoms with E-state index >= 15 is 0 Å². The minimum atomic E-state index is -0.127. The number of rotatable bonds is 6. The predicted molar refractivity (Wildman–Crippen MR) is 97.5 cm³/mol. The molecule has 0 aliphatic carbocycles. The molecule has 0 atom stereocenters. The summed E-state index contributed by atoms with van der Waals surface area (Å²) in [6, 6.07) is 16.0. The fourth-order valence-corrected chi connectivity index (χ4v) is 2.49. The Morgan fingerprint density at radius 2 is 2.04 bits per heavy atom. The first-order valence-electron chi connectivity index (χ1n) is 8.02. The Hall–Kier alpha value is -3.17. The van der Waals surface area contributed by atoms with Crippen LogP contribution in [0.3, 0.4) is 0 Å². The Labute approximate surface area is 155 Å². The predicted octanol–water partition coefficient (Wildman–Crippen LogP) is 4.22. The molecule has 3 rings (SSSR count). The van der Waals surface area contributed by atoms with Crippen molar-refractivity contribution in [2.24, 2.45) is 0 Å². The van der Waals surface area contributed by atoms with E-state index in [2.05, 4.69) is 15.5 Å². The lowest BCUT2D eigenvalue weighted by atomic mass is 10.2. The molecule has 7 heteroatoms. The van der Waals surface area contributed by atoms with Crippen LogP contribution in [0.1, 0.15) is 24.3 Å². The first-order chi connectivity index (χ1) is 12.6. The number of hydrogen-bond acceptors (Lipinski definition) is 5. The number of anilines is 1. The van der Waals surface area contributed by atoms with Crippen molar-refractivity contribution in [3.8, 4) is 17.5 Å². The van der Waals surface area contributed by atoms with E-state index in [4.69, 9.17) is 21.4 Å². The van der Waals surface area contributed by atoms with Gasteiger partial charge in [-0.2, -0.15) is 10.2 Å². The van der Waals surface area contributed by atoms with Gasteiger partial charge in [0.2, 0.25) is 17.6 Å². The lowest BCUT2D eigenvalue weighted by molar-refractivity contribution is -0.116. The van der Waals surface area contributed by atoms with Gasteiger partial charge in [0.25, 0.3) is 0 Å². The lowest BCUT2D eigenvalue weighted by Gasteiger charge is -2.04. The summed E-state index contributed by atoms with van der Waals surface area (Å²) in [4.78, 5) is 16.3. The van der Waals surface area contributed by atoms with Gasteiger partial charge in [-0.1, -0.05) is 22.8 Å². The zero-order chi connectivity index (χ0) is 18.4. The molecule has 0 saturated carbocycles. The van der Waals surface area contributed by atoms with Gasteiger partial charge >= 0.3 is 0 Å². The zero-order valence-electron chi connectivity index (χ0n) is 13.8. The Morgan fingerprint density at radius 3 is 2.81 bits per heavy atom. The van der Waals surface area contributed by atoms with Crippen molar-refractivity contribution in [2.45, 2.75) is 19.3 Å². The van der Waals surface area contributed by atoms with E-state index in [1.807, 2.05) is 18.2 Å². The van der Waals surface area contributed by atoms with Gasteiger partial charge in [0.05, 0.1) is 11.6 Å². The van der Waals surface area contributed by atoms with Crippen LogP contribution in [-0.2, 0) is 11.2 Å². The number of amides is 1. The molecule has 0 bridgehead atoms. The van der Waals surface area contributed by atoms with Crippen molar-refractivity contribution in [3.63, 3.8) is 0 Å². The largest absolute Gasteiger partial charge is 0.339 e. The second-order valence-electron chi connectivity index (χ2n) is 5.61. The first-order valence-corrected chi connectivity index (χ1v) is 8.40. The highest BCUT2D eigenvalue weighted by atomic mass is 35.5. The van der Waals surface area contributed by atoms with Crippen LogP contribution in [0.15, 0.2) is 53.1 Å². The number of halogens is 1. The molecular formula is C19H15ClN4O2. The summed E-state index contributed by atoms with van der Waals surface area (Å²) < 4.78 is 5.22. The molecule has 2 aromatic carbocycles. The SMILES string of the molecule is N#Cc1cccc(NC(=O)CCCc2nc(-c3ccc(Cl)cc3)no2)c1. The van der Waals surface area contributed by atoms with Gasteiger partial charge < -0.3 is 9.84 Å². The Bertz CT molecular complexity index is 945. The molecule has 6 nitrogen and oxygen atoms in total. The number of aryl methyl sites for hydroxylation is 1. The maximum atomic E-state index is 12.0. The maximum Gasteiger partial charge on any atom is 0.226 e. The minimum absolute atomic E-state index is 0.127. The molecule has 3 aromatic rings. The van der Waals surface area contributed by atoms with Crippen LogP contribution in [0.25, 0.3) is 11.4 Å². The van der Waals surface area contributed by atoms with E-state index in [1.165, 1.54) is 0 Å². The molecule has 26 heavy (non-hydrogen) atoms. The molecule has 0 spiro atoms. The highest BCUT2D eigenvalue weighted by Gasteiger charge is 2.10. The van der Waals surface area contributed by atoms with E-state index in [0.717, 1.165) is 5.56 Å². The average Bonchev–Trinajstić information content (AvgIpc) is 3.11. The molecule has 0 aliphatic rings. The molecule has 1 amide bonds. The smallest absolute Gasteiger partial charge is 0.226 e. The van der Waals surface area contributed by atoms with Crippen molar-refractivity contribution >= 4 is 23.2 Å². The summed E-state index contributed by atoms with van der Waals surface area (Å²) in [5.74, 6) is 0.848. The third kappa shape index (κ3) is 4.68. The van der Waals surface area contributed by atoms with Gasteiger partial charge in [0.15, 0.2) is 0 Å². The average molecular weight is 367 g/mol. The molecule has 0 radical (unpaired) electrons. The van der Waals surface area contributed by atoms with E-state index in [0.29, 0.717) is 47.3 Å². The Kier molecular flexibility index (Phi) is 5.62. The minimum Gasteiger partial charge on any atom is -0.339 e. The van der Waals surface area contributed by atoms with E-state index < -0.39 is 0 Å². The summed E-state index contributed by atoms with van der Waals surface area (Å²) in [5, 5.41) is 16.2. The molecule has 130 valence electrons. The quantitative estimate of drug-likeness (QED) is 0.705. The third-order valence-electron chi connectivity index (χ3n) is 3.64. The molecule has 1 N–H and O–H groups in total. The first kappa shape index (κ1) is 17.6. The molecule has 1 aromatic heterocycles. The maximum absolute atomic E-state index is 12.0. The van der Waals surface area contributed by atoms with Crippen LogP contribution in [0.5, 0.6) is 0 Å². The van der Waals surface area contributed by atoms with Crippen LogP contribution in [-0.4, -0.2) is 16.0 Å². The Balaban J connectivity index is 1.49. The van der Waals surface area contributed by atoms with Crippen LogP contribution in [0.4, 0.5) is 5.69 Å². The van der Waals surface area contributed by atoms with Crippen molar-refractivity contribution < 1.29 is 9.32 Å². The fraction of sp³-hybridized carbons (Fsp3) is 0.158. The molecule has 1 heterocycles. The van der Waals surface area contributed by atoms with Crippen molar-refractivity contribution in [2.75, 3.05) is 5.32 Å². The number of carbonyl (C=O) groups excluding carboxylic acids is 1. The zero-order valence-corrected chi connectivity index (χ0v) is 14.5. The highest BCUT2D eigenvalue weighted by Crippen LogP contribution is 2.19. The topological polar surface area (TPSA) is 91.8 Å². The van der Waals surface area contributed by atoms with Gasteiger partial charge in [-0.15, -0.1) is 0 Å². The molecule has 0 fully saturated rings. The number of nitrogens with one attached hydrogen (secondary N) is 1. The van der Waals surface area contributed by atoms with E-state index in [1.54, 1.807) is 36.4 Å². The highest BCUT2D eigenvalue weighted by molar-refractivity contribution is 6.30. The summed E-state index contributed by atoms with van der Waals surface area (Å²) >= 11 is 5.86.